The van der Waals surface area contributed by atoms with Crippen LogP contribution in [-0.2, 0) is 6.32 Å². The van der Waals surface area contributed by atoms with E-state index in [2.05, 4.69) is 15.9 Å². The predicted octanol–water partition coefficient (Wildman–Crippen LogP) is -0.659. The lowest BCUT2D eigenvalue weighted by molar-refractivity contribution is 0.570. The fourth-order valence-corrected chi connectivity index (χ4v) is 2.58. The normalized spacial score (nSPS) is 12.2. The third-order valence-corrected chi connectivity index (χ3v) is 3.87. The number of hydrogen-bond acceptors (Lipinski definition) is 1. The molecule has 84 valence electrons. The van der Waals surface area contributed by atoms with Gasteiger partial charge in [-0.2, -0.15) is 0 Å². The molecule has 1 aromatic heterocycles. The van der Waals surface area contributed by atoms with Crippen LogP contribution in [0.5, 0.6) is 0 Å². The van der Waals surface area contributed by atoms with Crippen molar-refractivity contribution in [2.75, 3.05) is 0 Å². The van der Waals surface area contributed by atoms with Crippen LogP contribution in [0.3, 0.4) is 0 Å². The van der Waals surface area contributed by atoms with Crippen LogP contribution in [0, 0.1) is 0 Å². The van der Waals surface area contributed by atoms with Gasteiger partial charge in [-0.1, -0.05) is 28.8 Å². The Balaban J connectivity index is 2.97. The average molecular weight is 310 g/mol. The first kappa shape index (κ1) is 15.8. The third-order valence-electron chi connectivity index (χ3n) is 3.08. The zero-order valence-electron chi connectivity index (χ0n) is 10.7. The molecule has 1 heterocycles. The van der Waals surface area contributed by atoms with Crippen LogP contribution >= 0.6 is 15.9 Å². The monoisotopic (exact) mass is 310 g/mol. The van der Waals surface area contributed by atoms with Gasteiger partial charge in [-0.25, -0.2) is 0 Å². The Morgan fingerprint density at radius 1 is 1.10 bits per heavy atom. The molecule has 1 nitrogen and oxygen atoms in total. The highest BCUT2D eigenvalue weighted by Crippen LogP contribution is 2.32. The molecule has 12 radical (unpaired) electrons. The fraction of sp³-hybridized carbons (Fsp3) is 0.167. The van der Waals surface area contributed by atoms with Gasteiger partial charge in [-0.3, -0.25) is 0 Å². The van der Waals surface area contributed by atoms with Crippen molar-refractivity contribution >= 4 is 95.8 Å². The molecule has 0 N–H and O–H groups in total. The molecule has 0 spiro atoms. The van der Waals surface area contributed by atoms with Gasteiger partial charge in [0.25, 0.3) is 0 Å². The molecule has 0 aliphatic carbocycles. The van der Waals surface area contributed by atoms with Gasteiger partial charge in [-0.05, 0) is 22.3 Å². The number of fused-ring (bicyclic) bond motifs is 1. The second-order valence-corrected chi connectivity index (χ2v) is 5.05. The lowest BCUT2D eigenvalue weighted by atomic mass is 9.69. The van der Waals surface area contributed by atoms with E-state index in [1.165, 1.54) is 0 Å². The van der Waals surface area contributed by atoms with Crippen LogP contribution < -0.4 is 16.4 Å². The summed E-state index contributed by atoms with van der Waals surface area (Å²) >= 11 is 3.35. The summed E-state index contributed by atoms with van der Waals surface area (Å²) in [5.74, 6) is 0.500. The number of allylic oxidation sites excluding steroid dienone is 1. The minimum Gasteiger partial charge on any atom is -0.460 e. The number of halogens is 1. The van der Waals surface area contributed by atoms with E-state index in [4.69, 9.17) is 51.5 Å². The Bertz CT molecular complexity index is 706. The highest BCUT2D eigenvalue weighted by atomic mass is 79.9. The van der Waals surface area contributed by atoms with Crippen molar-refractivity contribution in [2.24, 2.45) is 0 Å². The maximum atomic E-state index is 6.05. The van der Waals surface area contributed by atoms with Crippen LogP contribution in [0.4, 0.5) is 0 Å². The molecule has 1 aromatic carbocycles. The summed E-state index contributed by atoms with van der Waals surface area (Å²) in [6.45, 7) is 0. The van der Waals surface area contributed by atoms with E-state index < -0.39 is 0 Å². The standard InChI is InChI=1S/C12H5B6BrO/c13-2-1-4(15)6-5(3-14)20-12-7(6)8(16)9(17)10(18)11(12)19/h1H,2-3H2/b4-1+. The first-order valence-corrected chi connectivity index (χ1v) is 6.66. The summed E-state index contributed by atoms with van der Waals surface area (Å²) in [7, 11) is 35.0. The van der Waals surface area contributed by atoms with Gasteiger partial charge in [0.2, 0.25) is 0 Å². The number of hydrogen-bond donors (Lipinski definition) is 0. The minimum atomic E-state index is 0.162. The SMILES string of the molecule is [B]C/C=C(/[B])c1c(C[B])oc2c(Br)c([B])c([B])c([B])c12. The van der Waals surface area contributed by atoms with Crippen molar-refractivity contribution in [3.05, 3.63) is 21.9 Å². The minimum absolute atomic E-state index is 0.162. The largest absolute Gasteiger partial charge is 0.460 e. The zero-order valence-corrected chi connectivity index (χ0v) is 12.3. The van der Waals surface area contributed by atoms with Crippen molar-refractivity contribution in [2.45, 2.75) is 12.6 Å². The van der Waals surface area contributed by atoms with Crippen molar-refractivity contribution in [1.82, 2.24) is 0 Å². The molecule has 0 aliphatic rings. The summed E-state index contributed by atoms with van der Waals surface area (Å²) in [5, 5.41) is 0.589. The van der Waals surface area contributed by atoms with E-state index in [0.29, 0.717) is 43.2 Å². The van der Waals surface area contributed by atoms with Gasteiger partial charge in [0, 0.05) is 10.9 Å². The molecule has 0 saturated carbocycles. The molecule has 2 rings (SSSR count). The molecule has 8 heteroatoms. The summed E-state index contributed by atoms with van der Waals surface area (Å²) in [4.78, 5) is 0. The first-order chi connectivity index (χ1) is 9.43. The Labute approximate surface area is 134 Å². The van der Waals surface area contributed by atoms with E-state index in [9.17, 15) is 0 Å². The molecular formula is C12H5B6BrO. The van der Waals surface area contributed by atoms with E-state index in [-0.39, 0.29) is 18.1 Å². The Hall–Kier alpha value is -0.630. The molecule has 0 bridgehead atoms. The second-order valence-electron chi connectivity index (χ2n) is 4.26. The summed E-state index contributed by atoms with van der Waals surface area (Å²) in [6.07, 6.45) is 2.10. The van der Waals surface area contributed by atoms with Crippen LogP contribution in [-0.4, -0.2) is 47.1 Å². The van der Waals surface area contributed by atoms with Crippen molar-refractivity contribution in [3.63, 3.8) is 0 Å². The predicted molar refractivity (Wildman–Crippen MR) is 93.8 cm³/mol. The van der Waals surface area contributed by atoms with Gasteiger partial charge in [-0.15, -0.1) is 5.46 Å². The lowest BCUT2D eigenvalue weighted by Gasteiger charge is -2.12. The Morgan fingerprint density at radius 2 is 1.75 bits per heavy atom. The topological polar surface area (TPSA) is 13.1 Å². The molecular weight excluding hydrogens is 305 g/mol. The van der Waals surface area contributed by atoms with Crippen molar-refractivity contribution in [3.8, 4) is 0 Å². The van der Waals surface area contributed by atoms with Crippen molar-refractivity contribution < 1.29 is 4.42 Å². The third kappa shape index (κ3) is 2.36. The number of rotatable bonds is 3. The molecule has 0 saturated heterocycles. The molecule has 2 aromatic rings. The summed E-state index contributed by atoms with van der Waals surface area (Å²) in [6, 6.07) is 0. The lowest BCUT2D eigenvalue weighted by Crippen LogP contribution is -2.40. The molecule has 0 atom stereocenters. The van der Waals surface area contributed by atoms with Gasteiger partial charge < -0.3 is 4.42 Å². The Kier molecular flexibility index (Phi) is 4.73. The quantitative estimate of drug-likeness (QED) is 0.686. The van der Waals surface area contributed by atoms with Crippen LogP contribution in [0.1, 0.15) is 11.3 Å². The van der Waals surface area contributed by atoms with Crippen LogP contribution in [0.15, 0.2) is 15.0 Å². The van der Waals surface area contributed by atoms with Gasteiger partial charge in [0.1, 0.15) is 42.7 Å². The number of furan rings is 1. The highest BCUT2D eigenvalue weighted by Gasteiger charge is 2.20. The molecule has 0 amide bonds. The van der Waals surface area contributed by atoms with E-state index in [1.54, 1.807) is 6.08 Å². The van der Waals surface area contributed by atoms with Crippen LogP contribution in [0.25, 0.3) is 16.4 Å². The molecule has 0 aliphatic heterocycles. The number of benzene rings is 1. The molecule has 0 fully saturated rings. The molecule has 0 unspecified atom stereocenters. The Morgan fingerprint density at radius 3 is 2.30 bits per heavy atom. The maximum Gasteiger partial charge on any atom is 0.147 e. The van der Waals surface area contributed by atoms with Gasteiger partial charge >= 0.3 is 0 Å². The fourth-order valence-electron chi connectivity index (χ4n) is 2.09. The van der Waals surface area contributed by atoms with Crippen molar-refractivity contribution in [1.29, 1.82) is 0 Å². The van der Waals surface area contributed by atoms with E-state index in [1.807, 2.05) is 0 Å². The summed E-state index contributed by atoms with van der Waals surface area (Å²) in [5.41, 5.74) is 2.42. The van der Waals surface area contributed by atoms with Gasteiger partial charge in [0.05, 0.1) is 20.2 Å². The smallest absolute Gasteiger partial charge is 0.147 e. The first-order valence-electron chi connectivity index (χ1n) is 5.87. The summed E-state index contributed by atoms with van der Waals surface area (Å²) < 4.78 is 6.24. The molecule has 20 heavy (non-hydrogen) atoms. The van der Waals surface area contributed by atoms with E-state index >= 15 is 0 Å². The second kappa shape index (κ2) is 6.01. The van der Waals surface area contributed by atoms with Gasteiger partial charge in [0.15, 0.2) is 0 Å². The average Bonchev–Trinajstić information content (AvgIpc) is 2.82. The maximum absolute atomic E-state index is 6.05. The van der Waals surface area contributed by atoms with E-state index in [0.717, 1.165) is 0 Å². The zero-order chi connectivity index (χ0) is 15.0. The highest BCUT2D eigenvalue weighted by molar-refractivity contribution is 9.10. The van der Waals surface area contributed by atoms with Crippen LogP contribution in [0.2, 0.25) is 6.32 Å².